The van der Waals surface area contributed by atoms with Crippen molar-refractivity contribution in [2.24, 2.45) is 0 Å². The van der Waals surface area contributed by atoms with Crippen molar-refractivity contribution in [1.29, 1.82) is 0 Å². The van der Waals surface area contributed by atoms with Gasteiger partial charge >= 0.3 is 6.18 Å². The average Bonchev–Trinajstić information content (AvgIpc) is 2.24. The lowest BCUT2D eigenvalue weighted by Gasteiger charge is -2.17. The highest BCUT2D eigenvalue weighted by Crippen LogP contribution is 2.34. The zero-order valence-corrected chi connectivity index (χ0v) is 12.1. The lowest BCUT2D eigenvalue weighted by Crippen LogP contribution is -2.35. The van der Waals surface area contributed by atoms with E-state index in [4.69, 9.17) is 39.5 Å². The summed E-state index contributed by atoms with van der Waals surface area (Å²) in [6.45, 7) is 0.564. The summed E-state index contributed by atoms with van der Waals surface area (Å²) in [5.41, 5.74) is 0. The van der Waals surface area contributed by atoms with Crippen molar-refractivity contribution in [2.75, 3.05) is 13.1 Å². The van der Waals surface area contributed by atoms with E-state index in [1.165, 1.54) is 12.1 Å². The van der Waals surface area contributed by atoms with E-state index < -0.39 is 18.8 Å². The third-order valence-electron chi connectivity index (χ3n) is 2.06. The van der Waals surface area contributed by atoms with Crippen LogP contribution in [0.5, 0.6) is 5.75 Å². The maximum absolute atomic E-state index is 11.9. The van der Waals surface area contributed by atoms with E-state index in [-0.39, 0.29) is 27.4 Å². The van der Waals surface area contributed by atoms with Gasteiger partial charge in [-0.3, -0.25) is 0 Å². The van der Waals surface area contributed by atoms with E-state index in [9.17, 15) is 13.2 Å². The molecule has 0 spiro atoms. The first-order chi connectivity index (χ1) is 8.69. The van der Waals surface area contributed by atoms with Crippen LogP contribution in [-0.4, -0.2) is 25.4 Å². The van der Waals surface area contributed by atoms with Crippen molar-refractivity contribution in [1.82, 2.24) is 5.32 Å². The topological polar surface area (TPSA) is 21.3 Å². The number of benzene rings is 1. The second-order valence-corrected chi connectivity index (χ2v) is 5.09. The molecule has 1 unspecified atom stereocenters. The quantitative estimate of drug-likeness (QED) is 0.796. The summed E-state index contributed by atoms with van der Waals surface area (Å²) in [5.74, 6) is 0.275. The number of ether oxygens (including phenoxy) is 1. The Balaban J connectivity index is 2.53. The summed E-state index contributed by atoms with van der Waals surface area (Å²) in [6, 6.07) is 2.84. The first kappa shape index (κ1) is 16.7. The molecule has 0 aliphatic carbocycles. The SMILES string of the molecule is CC(CNCC(F)(F)F)Oc1cc(Cl)c(Cl)cc1Cl. The van der Waals surface area contributed by atoms with E-state index in [0.717, 1.165) is 0 Å². The first-order valence-corrected chi connectivity index (χ1v) is 6.41. The summed E-state index contributed by atoms with van der Waals surface area (Å²) in [6.07, 6.45) is -4.75. The van der Waals surface area contributed by atoms with Crippen LogP contribution in [0.2, 0.25) is 15.1 Å². The third kappa shape index (κ3) is 6.08. The third-order valence-corrected chi connectivity index (χ3v) is 3.08. The van der Waals surface area contributed by atoms with E-state index in [1.54, 1.807) is 6.92 Å². The van der Waals surface area contributed by atoms with Crippen molar-refractivity contribution < 1.29 is 17.9 Å². The van der Waals surface area contributed by atoms with Gasteiger partial charge < -0.3 is 10.1 Å². The van der Waals surface area contributed by atoms with Gasteiger partial charge in [0, 0.05) is 12.6 Å². The highest BCUT2D eigenvalue weighted by atomic mass is 35.5. The zero-order valence-electron chi connectivity index (χ0n) is 9.82. The number of rotatable bonds is 5. The molecule has 19 heavy (non-hydrogen) atoms. The van der Waals surface area contributed by atoms with Crippen molar-refractivity contribution in [2.45, 2.75) is 19.2 Å². The molecule has 0 bridgehead atoms. The van der Waals surface area contributed by atoms with Gasteiger partial charge in [0.05, 0.1) is 21.6 Å². The van der Waals surface area contributed by atoms with Gasteiger partial charge in [-0.15, -0.1) is 0 Å². The lowest BCUT2D eigenvalue weighted by atomic mass is 10.3. The van der Waals surface area contributed by atoms with Gasteiger partial charge in [-0.2, -0.15) is 13.2 Å². The van der Waals surface area contributed by atoms with Crippen LogP contribution in [0.15, 0.2) is 12.1 Å². The number of alkyl halides is 3. The molecule has 1 aromatic rings. The first-order valence-electron chi connectivity index (χ1n) is 5.27. The molecule has 1 N–H and O–H groups in total. The fourth-order valence-electron chi connectivity index (χ4n) is 1.27. The molecule has 0 amide bonds. The van der Waals surface area contributed by atoms with Crippen LogP contribution >= 0.6 is 34.8 Å². The van der Waals surface area contributed by atoms with Crippen LogP contribution in [0.25, 0.3) is 0 Å². The Morgan fingerprint density at radius 3 is 2.32 bits per heavy atom. The summed E-state index contributed by atoms with van der Waals surface area (Å²) in [7, 11) is 0. The summed E-state index contributed by atoms with van der Waals surface area (Å²) >= 11 is 17.4. The van der Waals surface area contributed by atoms with E-state index >= 15 is 0 Å². The molecule has 1 atom stereocenters. The standard InChI is InChI=1S/C11H11Cl3F3NO/c1-6(4-18-5-11(15,16)17)19-10-3-8(13)7(12)2-9(10)14/h2-3,6,18H,4-5H2,1H3. The lowest BCUT2D eigenvalue weighted by molar-refractivity contribution is -0.125. The molecule has 0 heterocycles. The second-order valence-electron chi connectivity index (χ2n) is 3.87. The predicted octanol–water partition coefficient (Wildman–Crippen LogP) is 4.57. The smallest absolute Gasteiger partial charge is 0.401 e. The minimum atomic E-state index is -4.25. The van der Waals surface area contributed by atoms with Crippen LogP contribution in [-0.2, 0) is 0 Å². The number of hydrogen-bond acceptors (Lipinski definition) is 2. The van der Waals surface area contributed by atoms with Crippen LogP contribution in [0.1, 0.15) is 6.92 Å². The van der Waals surface area contributed by atoms with Crippen LogP contribution in [0, 0.1) is 0 Å². The Labute approximate surface area is 123 Å². The molecular formula is C11H11Cl3F3NO. The Morgan fingerprint density at radius 1 is 1.16 bits per heavy atom. The van der Waals surface area contributed by atoms with Crippen LogP contribution < -0.4 is 10.1 Å². The summed E-state index contributed by atoms with van der Waals surface area (Å²) in [4.78, 5) is 0. The molecule has 1 rings (SSSR count). The van der Waals surface area contributed by atoms with Crippen molar-refractivity contribution in [3.8, 4) is 5.75 Å². The molecule has 108 valence electrons. The Hall–Kier alpha value is -0.360. The molecule has 0 aromatic heterocycles. The molecule has 0 saturated heterocycles. The van der Waals surface area contributed by atoms with Crippen LogP contribution in [0.3, 0.4) is 0 Å². The Morgan fingerprint density at radius 2 is 1.74 bits per heavy atom. The van der Waals surface area contributed by atoms with Crippen molar-refractivity contribution in [3.05, 3.63) is 27.2 Å². The van der Waals surface area contributed by atoms with E-state index in [2.05, 4.69) is 5.32 Å². The molecule has 0 saturated carbocycles. The fraction of sp³-hybridized carbons (Fsp3) is 0.455. The minimum absolute atomic E-state index is 0.0239. The molecule has 0 aliphatic heterocycles. The molecule has 0 radical (unpaired) electrons. The maximum Gasteiger partial charge on any atom is 0.401 e. The summed E-state index contributed by atoms with van der Waals surface area (Å²) in [5, 5.41) is 3.03. The predicted molar refractivity (Wildman–Crippen MR) is 70.5 cm³/mol. The largest absolute Gasteiger partial charge is 0.488 e. The molecule has 0 fully saturated rings. The van der Waals surface area contributed by atoms with E-state index in [0.29, 0.717) is 0 Å². The Kier molecular flexibility index (Phi) is 6.05. The van der Waals surface area contributed by atoms with Crippen molar-refractivity contribution in [3.63, 3.8) is 0 Å². The molecular weight excluding hydrogens is 325 g/mol. The number of nitrogens with one attached hydrogen (secondary N) is 1. The molecule has 0 aliphatic rings. The normalized spacial score (nSPS) is 13.4. The maximum atomic E-state index is 11.9. The van der Waals surface area contributed by atoms with Crippen LogP contribution in [0.4, 0.5) is 13.2 Å². The molecule has 2 nitrogen and oxygen atoms in total. The van der Waals surface area contributed by atoms with Crippen molar-refractivity contribution >= 4 is 34.8 Å². The number of hydrogen-bond donors (Lipinski definition) is 1. The van der Waals surface area contributed by atoms with Gasteiger partial charge in [0.1, 0.15) is 11.9 Å². The van der Waals surface area contributed by atoms with Gasteiger partial charge in [-0.05, 0) is 13.0 Å². The highest BCUT2D eigenvalue weighted by Gasteiger charge is 2.26. The van der Waals surface area contributed by atoms with Gasteiger partial charge in [-0.1, -0.05) is 34.8 Å². The Bertz CT molecular complexity index is 440. The van der Waals surface area contributed by atoms with Gasteiger partial charge in [-0.25, -0.2) is 0 Å². The average molecular weight is 337 g/mol. The van der Waals surface area contributed by atoms with E-state index in [1.807, 2.05) is 0 Å². The fourth-order valence-corrected chi connectivity index (χ4v) is 1.85. The second kappa shape index (κ2) is 6.88. The summed E-state index contributed by atoms with van der Waals surface area (Å²) < 4.78 is 41.2. The minimum Gasteiger partial charge on any atom is -0.488 e. The molecule has 8 heteroatoms. The highest BCUT2D eigenvalue weighted by molar-refractivity contribution is 6.43. The number of halogens is 6. The monoisotopic (exact) mass is 335 g/mol. The van der Waals surface area contributed by atoms with Gasteiger partial charge in [0.25, 0.3) is 0 Å². The molecule has 1 aromatic carbocycles. The zero-order chi connectivity index (χ0) is 14.6. The van der Waals surface area contributed by atoms with Gasteiger partial charge in [0.2, 0.25) is 0 Å². The van der Waals surface area contributed by atoms with Gasteiger partial charge in [0.15, 0.2) is 0 Å².